The van der Waals surface area contributed by atoms with Gasteiger partial charge in [-0.2, -0.15) is 12.7 Å². The highest BCUT2D eigenvalue weighted by Gasteiger charge is 2.20. The maximum Gasteiger partial charge on any atom is 0.278 e. The Bertz CT molecular complexity index is 728. The molecule has 0 aromatic heterocycles. The summed E-state index contributed by atoms with van der Waals surface area (Å²) in [5, 5.41) is 0. The van der Waals surface area contributed by atoms with Crippen molar-refractivity contribution in [2.45, 2.75) is 13.8 Å². The molecule has 0 aliphatic rings. The molecule has 22 heavy (non-hydrogen) atoms. The molecule has 0 saturated carbocycles. The van der Waals surface area contributed by atoms with Gasteiger partial charge in [0.2, 0.25) is 10.0 Å². The first-order valence-electron chi connectivity index (χ1n) is 6.67. The van der Waals surface area contributed by atoms with Gasteiger partial charge in [0.05, 0.1) is 11.9 Å². The summed E-state index contributed by atoms with van der Waals surface area (Å²) < 4.78 is 52.0. The molecule has 1 aromatic rings. The fourth-order valence-corrected chi connectivity index (χ4v) is 3.44. The molecule has 0 aliphatic heterocycles. The summed E-state index contributed by atoms with van der Waals surface area (Å²) in [6, 6.07) is 5.51. The molecule has 0 fully saturated rings. The Hall–Kier alpha value is -1.16. The molecule has 0 aliphatic carbocycles. The Morgan fingerprint density at radius 2 is 1.68 bits per heavy atom. The van der Waals surface area contributed by atoms with Crippen molar-refractivity contribution in [3.05, 3.63) is 29.3 Å². The van der Waals surface area contributed by atoms with Crippen LogP contribution in [0.2, 0.25) is 0 Å². The van der Waals surface area contributed by atoms with Crippen molar-refractivity contribution in [3.8, 4) is 0 Å². The van der Waals surface area contributed by atoms with Crippen LogP contribution in [0.4, 0.5) is 5.69 Å². The first-order chi connectivity index (χ1) is 9.95. The predicted molar refractivity (Wildman–Crippen MR) is 88.7 cm³/mol. The number of rotatable bonds is 7. The Balaban J connectivity index is 3.00. The molecular formula is C13H23N3O4S2. The van der Waals surface area contributed by atoms with Crippen LogP contribution in [-0.2, 0) is 20.2 Å². The number of benzene rings is 1. The third-order valence-corrected chi connectivity index (χ3v) is 5.82. The fraction of sp³-hybridized carbons (Fsp3) is 0.538. The van der Waals surface area contributed by atoms with Crippen LogP contribution >= 0.6 is 0 Å². The van der Waals surface area contributed by atoms with Crippen LogP contribution < -0.4 is 9.03 Å². The predicted octanol–water partition coefficient (Wildman–Crippen LogP) is 0.465. The number of hydrogen-bond donors (Lipinski definition) is 1. The first-order valence-corrected chi connectivity index (χ1v) is 9.96. The molecule has 7 nitrogen and oxygen atoms in total. The number of nitrogens with zero attached hydrogens (tertiary/aromatic N) is 2. The quantitative estimate of drug-likeness (QED) is 0.775. The Morgan fingerprint density at radius 3 is 2.18 bits per heavy atom. The molecule has 0 amide bonds. The van der Waals surface area contributed by atoms with Crippen LogP contribution in [0.15, 0.2) is 18.2 Å². The topological polar surface area (TPSA) is 86.8 Å². The SMILES string of the molecule is Cc1ccc(C)c(N(CCNS(=O)(=O)N(C)C)S(C)(=O)=O)c1. The molecule has 0 unspecified atom stereocenters. The van der Waals surface area contributed by atoms with Crippen molar-refractivity contribution in [1.82, 2.24) is 9.03 Å². The summed E-state index contributed by atoms with van der Waals surface area (Å²) in [7, 11) is -4.28. The summed E-state index contributed by atoms with van der Waals surface area (Å²) in [6.45, 7) is 3.70. The molecule has 126 valence electrons. The van der Waals surface area contributed by atoms with E-state index in [4.69, 9.17) is 0 Å². The van der Waals surface area contributed by atoms with Crippen LogP contribution in [-0.4, -0.2) is 54.6 Å². The highest BCUT2D eigenvalue weighted by Crippen LogP contribution is 2.23. The number of aryl methyl sites for hydroxylation is 2. The van der Waals surface area contributed by atoms with Crippen molar-refractivity contribution >= 4 is 25.9 Å². The van der Waals surface area contributed by atoms with Crippen LogP contribution in [0.3, 0.4) is 0 Å². The Morgan fingerprint density at radius 1 is 1.09 bits per heavy atom. The maximum atomic E-state index is 12.0. The monoisotopic (exact) mass is 349 g/mol. The normalized spacial score (nSPS) is 12.6. The molecular weight excluding hydrogens is 326 g/mol. The van der Waals surface area contributed by atoms with E-state index in [1.165, 1.54) is 18.4 Å². The second-order valence-electron chi connectivity index (χ2n) is 5.31. The van der Waals surface area contributed by atoms with Gasteiger partial charge in [0, 0.05) is 27.2 Å². The van der Waals surface area contributed by atoms with E-state index < -0.39 is 20.2 Å². The standard InChI is InChI=1S/C13H23N3O4S2/c1-11-6-7-12(2)13(10-11)16(21(5,17)18)9-8-14-22(19,20)15(3)4/h6-7,10,14H,8-9H2,1-5H3. The lowest BCUT2D eigenvalue weighted by Gasteiger charge is -2.25. The van der Waals surface area contributed by atoms with Crippen molar-refractivity contribution in [2.24, 2.45) is 0 Å². The summed E-state index contributed by atoms with van der Waals surface area (Å²) in [5.74, 6) is 0. The van der Waals surface area contributed by atoms with Crippen LogP contribution in [0.25, 0.3) is 0 Å². The Kier molecular flexibility index (Phi) is 5.96. The second kappa shape index (κ2) is 6.95. The van der Waals surface area contributed by atoms with Gasteiger partial charge in [-0.05, 0) is 31.0 Å². The van der Waals surface area contributed by atoms with E-state index in [9.17, 15) is 16.8 Å². The zero-order valence-electron chi connectivity index (χ0n) is 13.5. The zero-order valence-corrected chi connectivity index (χ0v) is 15.1. The number of hydrogen-bond acceptors (Lipinski definition) is 4. The maximum absolute atomic E-state index is 12.0. The highest BCUT2D eigenvalue weighted by atomic mass is 32.2. The lowest BCUT2D eigenvalue weighted by atomic mass is 10.1. The van der Waals surface area contributed by atoms with Crippen molar-refractivity contribution in [2.75, 3.05) is 37.7 Å². The van der Waals surface area contributed by atoms with E-state index in [0.29, 0.717) is 5.69 Å². The van der Waals surface area contributed by atoms with E-state index in [-0.39, 0.29) is 13.1 Å². The van der Waals surface area contributed by atoms with Crippen LogP contribution in [0, 0.1) is 13.8 Å². The molecule has 0 heterocycles. The van der Waals surface area contributed by atoms with Gasteiger partial charge < -0.3 is 0 Å². The average molecular weight is 349 g/mol. The molecule has 0 radical (unpaired) electrons. The smallest absolute Gasteiger partial charge is 0.269 e. The third-order valence-electron chi connectivity index (χ3n) is 3.11. The minimum Gasteiger partial charge on any atom is -0.269 e. The van der Waals surface area contributed by atoms with Crippen molar-refractivity contribution in [1.29, 1.82) is 0 Å². The molecule has 1 N–H and O–H groups in total. The second-order valence-corrected chi connectivity index (χ2v) is 9.18. The first kappa shape index (κ1) is 18.9. The molecule has 0 atom stereocenters. The fourth-order valence-electron chi connectivity index (χ4n) is 1.86. The van der Waals surface area contributed by atoms with Gasteiger partial charge >= 0.3 is 0 Å². The average Bonchev–Trinajstić information content (AvgIpc) is 2.36. The lowest BCUT2D eigenvalue weighted by molar-refractivity contribution is 0.506. The van der Waals surface area contributed by atoms with Crippen molar-refractivity contribution in [3.63, 3.8) is 0 Å². The minimum atomic E-state index is -3.58. The van der Waals surface area contributed by atoms with E-state index >= 15 is 0 Å². The largest absolute Gasteiger partial charge is 0.278 e. The summed E-state index contributed by atoms with van der Waals surface area (Å²) in [4.78, 5) is 0. The van der Waals surface area contributed by atoms with Gasteiger partial charge in [-0.25, -0.2) is 13.1 Å². The van der Waals surface area contributed by atoms with Gasteiger partial charge in [0.15, 0.2) is 0 Å². The summed E-state index contributed by atoms with van der Waals surface area (Å²) in [6.07, 6.45) is 1.11. The third kappa shape index (κ3) is 4.94. The van der Waals surface area contributed by atoms with E-state index in [2.05, 4.69) is 4.72 Å². The van der Waals surface area contributed by atoms with E-state index in [1.54, 1.807) is 6.07 Å². The highest BCUT2D eigenvalue weighted by molar-refractivity contribution is 7.92. The minimum absolute atomic E-state index is 0.0129. The summed E-state index contributed by atoms with van der Waals surface area (Å²) in [5.41, 5.74) is 2.31. The molecule has 9 heteroatoms. The summed E-state index contributed by atoms with van der Waals surface area (Å²) >= 11 is 0. The van der Waals surface area contributed by atoms with Crippen LogP contribution in [0.5, 0.6) is 0 Å². The van der Waals surface area contributed by atoms with E-state index in [0.717, 1.165) is 21.7 Å². The number of anilines is 1. The van der Waals surface area contributed by atoms with Gasteiger partial charge in [-0.1, -0.05) is 12.1 Å². The molecule has 0 bridgehead atoms. The molecule has 1 rings (SSSR count). The number of sulfonamides is 1. The van der Waals surface area contributed by atoms with Gasteiger partial charge in [0.1, 0.15) is 0 Å². The van der Waals surface area contributed by atoms with Gasteiger partial charge in [-0.15, -0.1) is 0 Å². The molecule has 0 spiro atoms. The van der Waals surface area contributed by atoms with Gasteiger partial charge in [0.25, 0.3) is 10.2 Å². The molecule has 0 saturated heterocycles. The van der Waals surface area contributed by atoms with Gasteiger partial charge in [-0.3, -0.25) is 4.31 Å². The lowest BCUT2D eigenvalue weighted by Crippen LogP contribution is -2.42. The number of nitrogens with one attached hydrogen (secondary N) is 1. The van der Waals surface area contributed by atoms with Crippen LogP contribution in [0.1, 0.15) is 11.1 Å². The zero-order chi connectivity index (χ0) is 17.1. The molecule has 1 aromatic carbocycles. The van der Waals surface area contributed by atoms with E-state index in [1.807, 2.05) is 26.0 Å². The Labute approximate surface area is 133 Å². The van der Waals surface area contributed by atoms with Crippen molar-refractivity contribution < 1.29 is 16.8 Å².